The van der Waals surface area contributed by atoms with E-state index in [1.54, 1.807) is 24.3 Å². The van der Waals surface area contributed by atoms with E-state index in [9.17, 15) is 4.21 Å². The lowest BCUT2D eigenvalue weighted by Crippen LogP contribution is -2.08. The first kappa shape index (κ1) is 16.6. The lowest BCUT2D eigenvalue weighted by Gasteiger charge is -2.09. The number of hydrogen-bond donors (Lipinski definition) is 0. The third-order valence-electron chi connectivity index (χ3n) is 3.42. The minimum Gasteiger partial charge on any atom is -0.371 e. The van der Waals surface area contributed by atoms with Crippen LogP contribution in [-0.2, 0) is 11.4 Å². The van der Waals surface area contributed by atoms with Crippen LogP contribution >= 0.6 is 0 Å². The van der Waals surface area contributed by atoms with Crippen molar-refractivity contribution in [3.63, 3.8) is 0 Å². The molecule has 0 aliphatic carbocycles. The fourth-order valence-electron chi connectivity index (χ4n) is 1.99. The van der Waals surface area contributed by atoms with Gasteiger partial charge >= 0.3 is 11.4 Å². The zero-order chi connectivity index (χ0) is 16.1. The largest absolute Gasteiger partial charge is 0.417 e. The van der Waals surface area contributed by atoms with Gasteiger partial charge in [0.15, 0.2) is 0 Å². The summed E-state index contributed by atoms with van der Waals surface area (Å²) in [6.07, 6.45) is 0. The van der Waals surface area contributed by atoms with Gasteiger partial charge in [-0.2, -0.15) is 4.21 Å². The molecule has 0 spiro atoms. The van der Waals surface area contributed by atoms with E-state index in [4.69, 9.17) is 8.37 Å². The molecule has 0 atom stereocenters. The molecular formula is C18H22O3S. The van der Waals surface area contributed by atoms with Crippen LogP contribution in [0.15, 0.2) is 48.5 Å². The summed E-state index contributed by atoms with van der Waals surface area (Å²) in [4.78, 5) is 0. The normalized spacial score (nSPS) is 11.2. The van der Waals surface area contributed by atoms with Crippen molar-refractivity contribution in [2.45, 2.75) is 39.5 Å². The van der Waals surface area contributed by atoms with Crippen LogP contribution in [0.25, 0.3) is 0 Å². The molecular weight excluding hydrogens is 296 g/mol. The van der Waals surface area contributed by atoms with Crippen LogP contribution in [-0.4, -0.2) is 4.21 Å². The Kier molecular flexibility index (Phi) is 5.61. The predicted octanol–water partition coefficient (Wildman–Crippen LogP) is 4.97. The highest BCUT2D eigenvalue weighted by atomic mass is 32.2. The van der Waals surface area contributed by atoms with Crippen LogP contribution in [0.4, 0.5) is 0 Å². The van der Waals surface area contributed by atoms with Crippen LogP contribution in [0.5, 0.6) is 11.5 Å². The van der Waals surface area contributed by atoms with Gasteiger partial charge in [0.05, 0.1) is 0 Å². The zero-order valence-corrected chi connectivity index (χ0v) is 14.2. The molecule has 0 amide bonds. The smallest absolute Gasteiger partial charge is 0.371 e. The molecule has 0 radical (unpaired) electrons. The quantitative estimate of drug-likeness (QED) is 0.754. The van der Waals surface area contributed by atoms with Crippen molar-refractivity contribution in [2.75, 3.05) is 0 Å². The highest BCUT2D eigenvalue weighted by Gasteiger charge is 2.07. The maximum atomic E-state index is 11.9. The van der Waals surface area contributed by atoms with Crippen molar-refractivity contribution in [3.05, 3.63) is 59.7 Å². The molecule has 0 saturated carbocycles. The van der Waals surface area contributed by atoms with Crippen molar-refractivity contribution in [2.24, 2.45) is 0 Å². The Balaban J connectivity index is 1.94. The summed E-state index contributed by atoms with van der Waals surface area (Å²) in [5.41, 5.74) is 2.42. The molecule has 0 heterocycles. The first-order chi connectivity index (χ1) is 10.5. The molecule has 0 bridgehead atoms. The van der Waals surface area contributed by atoms with E-state index in [0.717, 1.165) is 0 Å². The van der Waals surface area contributed by atoms with E-state index in [0.29, 0.717) is 23.3 Å². The van der Waals surface area contributed by atoms with Crippen LogP contribution in [0.3, 0.4) is 0 Å². The van der Waals surface area contributed by atoms with Crippen molar-refractivity contribution < 1.29 is 12.6 Å². The molecule has 0 unspecified atom stereocenters. The first-order valence-electron chi connectivity index (χ1n) is 7.44. The van der Waals surface area contributed by atoms with Gasteiger partial charge in [0.2, 0.25) is 0 Å². The van der Waals surface area contributed by atoms with E-state index in [2.05, 4.69) is 27.7 Å². The number of rotatable bonds is 6. The molecule has 2 aromatic carbocycles. The Labute approximate surface area is 135 Å². The Hall–Kier alpha value is -1.81. The number of benzene rings is 2. The fourth-order valence-corrected chi connectivity index (χ4v) is 2.56. The first-order valence-corrected chi connectivity index (χ1v) is 8.44. The van der Waals surface area contributed by atoms with Crippen LogP contribution < -0.4 is 8.37 Å². The average molecular weight is 318 g/mol. The topological polar surface area (TPSA) is 35.5 Å². The fraction of sp³-hybridized carbons (Fsp3) is 0.333. The highest BCUT2D eigenvalue weighted by molar-refractivity contribution is 7.75. The third kappa shape index (κ3) is 4.60. The Morgan fingerprint density at radius 3 is 1.27 bits per heavy atom. The van der Waals surface area contributed by atoms with Gasteiger partial charge in [0.1, 0.15) is 11.5 Å². The minimum absolute atomic E-state index is 0.454. The summed E-state index contributed by atoms with van der Waals surface area (Å²) in [7, 11) is 0. The zero-order valence-electron chi connectivity index (χ0n) is 13.4. The summed E-state index contributed by atoms with van der Waals surface area (Å²) in [5, 5.41) is 0. The van der Waals surface area contributed by atoms with E-state index >= 15 is 0 Å². The summed E-state index contributed by atoms with van der Waals surface area (Å²) in [5.74, 6) is 1.97. The van der Waals surface area contributed by atoms with E-state index in [1.165, 1.54) is 11.1 Å². The van der Waals surface area contributed by atoms with Gasteiger partial charge in [0.25, 0.3) is 0 Å². The van der Waals surface area contributed by atoms with Gasteiger partial charge < -0.3 is 8.37 Å². The van der Waals surface area contributed by atoms with Crippen LogP contribution in [0.1, 0.15) is 50.7 Å². The molecule has 0 aromatic heterocycles. The standard InChI is InChI=1S/C18H22O3S/c1-13(2)15-5-9-17(10-6-15)20-22(19)21-18-11-7-16(8-12-18)14(3)4/h5-14H,1-4H3. The molecule has 3 nitrogen and oxygen atoms in total. The molecule has 0 N–H and O–H groups in total. The molecule has 2 rings (SSSR count). The second-order valence-corrected chi connectivity index (χ2v) is 6.56. The maximum absolute atomic E-state index is 11.9. The summed E-state index contributed by atoms with van der Waals surface area (Å²) >= 11 is -1.86. The van der Waals surface area contributed by atoms with Crippen molar-refractivity contribution in [1.82, 2.24) is 0 Å². The van der Waals surface area contributed by atoms with Crippen molar-refractivity contribution >= 4 is 11.4 Å². The average Bonchev–Trinajstić information content (AvgIpc) is 2.48. The van der Waals surface area contributed by atoms with Crippen molar-refractivity contribution in [3.8, 4) is 11.5 Å². The van der Waals surface area contributed by atoms with Gasteiger partial charge in [0, 0.05) is 0 Å². The lowest BCUT2D eigenvalue weighted by molar-refractivity contribution is 0.461. The Morgan fingerprint density at radius 2 is 1.00 bits per heavy atom. The molecule has 0 saturated heterocycles. The van der Waals surface area contributed by atoms with Gasteiger partial charge in [-0.15, -0.1) is 0 Å². The molecule has 0 fully saturated rings. The van der Waals surface area contributed by atoms with Gasteiger partial charge in [-0.25, -0.2) is 0 Å². The molecule has 2 aromatic rings. The summed E-state index contributed by atoms with van der Waals surface area (Å²) in [6.45, 7) is 8.49. The molecule has 0 aliphatic heterocycles. The van der Waals surface area contributed by atoms with Gasteiger partial charge in [-0.05, 0) is 47.2 Å². The maximum Gasteiger partial charge on any atom is 0.417 e. The lowest BCUT2D eigenvalue weighted by atomic mass is 10.0. The van der Waals surface area contributed by atoms with E-state index < -0.39 is 11.4 Å². The SMILES string of the molecule is CC(C)c1ccc(OS(=O)Oc2ccc(C(C)C)cc2)cc1. The second-order valence-electron chi connectivity index (χ2n) is 5.82. The molecule has 118 valence electrons. The van der Waals surface area contributed by atoms with Gasteiger partial charge in [-0.1, -0.05) is 52.0 Å². The van der Waals surface area contributed by atoms with Gasteiger partial charge in [-0.3, -0.25) is 0 Å². The highest BCUT2D eigenvalue weighted by Crippen LogP contribution is 2.21. The minimum atomic E-state index is -1.86. The number of hydrogen-bond acceptors (Lipinski definition) is 3. The molecule has 22 heavy (non-hydrogen) atoms. The second kappa shape index (κ2) is 7.45. The van der Waals surface area contributed by atoms with Crippen LogP contribution in [0.2, 0.25) is 0 Å². The monoisotopic (exact) mass is 318 g/mol. The van der Waals surface area contributed by atoms with E-state index in [-0.39, 0.29) is 0 Å². The summed E-state index contributed by atoms with van der Waals surface area (Å²) < 4.78 is 22.4. The summed E-state index contributed by atoms with van der Waals surface area (Å²) in [6, 6.07) is 15.1. The Bertz CT molecular complexity index is 560. The molecule has 4 heteroatoms. The van der Waals surface area contributed by atoms with Crippen LogP contribution in [0, 0.1) is 0 Å². The van der Waals surface area contributed by atoms with E-state index in [1.807, 2.05) is 24.3 Å². The third-order valence-corrected chi connectivity index (χ3v) is 4.08. The van der Waals surface area contributed by atoms with Crippen molar-refractivity contribution in [1.29, 1.82) is 0 Å². The Morgan fingerprint density at radius 1 is 0.682 bits per heavy atom. The predicted molar refractivity (Wildman–Crippen MR) is 90.5 cm³/mol. The molecule has 0 aliphatic rings.